The van der Waals surface area contributed by atoms with E-state index in [9.17, 15) is 4.79 Å². The van der Waals surface area contributed by atoms with E-state index in [1.807, 2.05) is 51.1 Å². The third-order valence-corrected chi connectivity index (χ3v) is 4.01. The molecule has 2 aromatic rings. The highest BCUT2D eigenvalue weighted by Gasteiger charge is 2.16. The highest BCUT2D eigenvalue weighted by molar-refractivity contribution is 5.78. The molecule has 5 nitrogen and oxygen atoms in total. The molecule has 25 heavy (non-hydrogen) atoms. The molecule has 0 fully saturated rings. The van der Waals surface area contributed by atoms with Crippen LogP contribution in [0.3, 0.4) is 0 Å². The molecule has 1 aliphatic rings. The number of hydrogen-bond donors (Lipinski definition) is 1. The Kier molecular flexibility index (Phi) is 5.12. The number of fused-ring (bicyclic) bond motifs is 1. The summed E-state index contributed by atoms with van der Waals surface area (Å²) >= 11 is 0. The predicted octanol–water partition coefficient (Wildman–Crippen LogP) is 3.33. The summed E-state index contributed by atoms with van der Waals surface area (Å²) in [7, 11) is 0. The molecule has 0 aromatic heterocycles. The van der Waals surface area contributed by atoms with E-state index in [-0.39, 0.29) is 18.6 Å². The second-order valence-corrected chi connectivity index (χ2v) is 6.30. The molecule has 0 radical (unpaired) electrons. The summed E-state index contributed by atoms with van der Waals surface area (Å²) in [6.07, 6.45) is 0. The highest BCUT2D eigenvalue weighted by atomic mass is 16.6. The van der Waals surface area contributed by atoms with E-state index in [1.165, 1.54) is 0 Å². The molecule has 0 bridgehead atoms. The molecule has 1 amide bonds. The first-order valence-electron chi connectivity index (χ1n) is 8.41. The van der Waals surface area contributed by atoms with Gasteiger partial charge in [0.2, 0.25) is 0 Å². The van der Waals surface area contributed by atoms with Crippen LogP contribution < -0.4 is 19.5 Å². The number of benzene rings is 2. The van der Waals surface area contributed by atoms with Gasteiger partial charge >= 0.3 is 0 Å². The lowest BCUT2D eigenvalue weighted by Gasteiger charge is -2.21. The minimum Gasteiger partial charge on any atom is -0.486 e. The fraction of sp³-hybridized carbons (Fsp3) is 0.350. The average molecular weight is 341 g/mol. The number of ether oxygens (including phenoxy) is 3. The van der Waals surface area contributed by atoms with Crippen molar-refractivity contribution in [3.63, 3.8) is 0 Å². The summed E-state index contributed by atoms with van der Waals surface area (Å²) in [6, 6.07) is 11.5. The zero-order valence-corrected chi connectivity index (χ0v) is 14.8. The van der Waals surface area contributed by atoms with E-state index in [0.717, 1.165) is 28.2 Å². The summed E-state index contributed by atoms with van der Waals surface area (Å²) in [5, 5.41) is 2.94. The smallest absolute Gasteiger partial charge is 0.258 e. The van der Waals surface area contributed by atoms with Gasteiger partial charge in [-0.15, -0.1) is 0 Å². The van der Waals surface area contributed by atoms with Crippen LogP contribution >= 0.6 is 0 Å². The van der Waals surface area contributed by atoms with Gasteiger partial charge in [0.15, 0.2) is 18.1 Å². The monoisotopic (exact) mass is 341 g/mol. The molecule has 0 spiro atoms. The Morgan fingerprint density at radius 2 is 1.76 bits per heavy atom. The molecule has 5 heteroatoms. The molecule has 132 valence electrons. The van der Waals surface area contributed by atoms with Gasteiger partial charge < -0.3 is 19.5 Å². The lowest BCUT2D eigenvalue weighted by atomic mass is 10.1. The SMILES string of the molecule is Cc1cc(C)cc(OCC(=O)N[C@H](C)c2ccc3c(c2)OCCO3)c1. The van der Waals surface area contributed by atoms with Crippen LogP contribution in [-0.2, 0) is 4.79 Å². The van der Waals surface area contributed by atoms with Crippen molar-refractivity contribution in [3.8, 4) is 17.2 Å². The van der Waals surface area contributed by atoms with Gasteiger partial charge in [0.1, 0.15) is 19.0 Å². The van der Waals surface area contributed by atoms with Gasteiger partial charge in [0.25, 0.3) is 5.91 Å². The van der Waals surface area contributed by atoms with Crippen molar-refractivity contribution in [2.75, 3.05) is 19.8 Å². The summed E-state index contributed by atoms with van der Waals surface area (Å²) in [5.41, 5.74) is 3.18. The van der Waals surface area contributed by atoms with Gasteiger partial charge in [-0.3, -0.25) is 4.79 Å². The van der Waals surface area contributed by atoms with Crippen LogP contribution in [0.4, 0.5) is 0 Å². The normalized spacial score (nSPS) is 13.9. The largest absolute Gasteiger partial charge is 0.486 e. The lowest BCUT2D eigenvalue weighted by Crippen LogP contribution is -2.31. The third-order valence-electron chi connectivity index (χ3n) is 4.01. The van der Waals surface area contributed by atoms with Crippen LogP contribution in [0.5, 0.6) is 17.2 Å². The first kappa shape index (κ1) is 17.1. The fourth-order valence-electron chi connectivity index (χ4n) is 2.86. The van der Waals surface area contributed by atoms with Crippen LogP contribution in [-0.4, -0.2) is 25.7 Å². The van der Waals surface area contributed by atoms with Crippen molar-refractivity contribution < 1.29 is 19.0 Å². The van der Waals surface area contributed by atoms with E-state index in [2.05, 4.69) is 11.4 Å². The van der Waals surface area contributed by atoms with Crippen molar-refractivity contribution in [3.05, 3.63) is 53.1 Å². The van der Waals surface area contributed by atoms with E-state index >= 15 is 0 Å². The zero-order valence-electron chi connectivity index (χ0n) is 14.8. The van der Waals surface area contributed by atoms with Crippen LogP contribution in [0, 0.1) is 13.8 Å². The van der Waals surface area contributed by atoms with Crippen molar-refractivity contribution >= 4 is 5.91 Å². The van der Waals surface area contributed by atoms with Gasteiger partial charge in [-0.05, 0) is 61.7 Å². The van der Waals surface area contributed by atoms with E-state index in [1.54, 1.807) is 0 Å². The Balaban J connectivity index is 1.57. The third kappa shape index (κ3) is 4.44. The summed E-state index contributed by atoms with van der Waals surface area (Å²) in [6.45, 7) is 7.03. The molecule has 1 N–H and O–H groups in total. The molecular formula is C20H23NO4. The van der Waals surface area contributed by atoms with Crippen molar-refractivity contribution in [2.24, 2.45) is 0 Å². The molecule has 0 unspecified atom stereocenters. The summed E-state index contributed by atoms with van der Waals surface area (Å²) in [5.74, 6) is 2.00. The topological polar surface area (TPSA) is 56.8 Å². The maximum atomic E-state index is 12.2. The maximum absolute atomic E-state index is 12.2. The average Bonchev–Trinajstić information content (AvgIpc) is 2.58. The number of amides is 1. The fourth-order valence-corrected chi connectivity index (χ4v) is 2.86. The Morgan fingerprint density at radius 3 is 2.48 bits per heavy atom. The van der Waals surface area contributed by atoms with Crippen molar-refractivity contribution in [2.45, 2.75) is 26.8 Å². The van der Waals surface area contributed by atoms with Crippen molar-refractivity contribution in [1.29, 1.82) is 0 Å². The molecule has 1 aliphatic heterocycles. The number of aryl methyl sites for hydroxylation is 2. The molecule has 1 atom stereocenters. The minimum atomic E-state index is -0.165. The van der Waals surface area contributed by atoms with Gasteiger partial charge in [0.05, 0.1) is 6.04 Å². The van der Waals surface area contributed by atoms with Gasteiger partial charge in [-0.2, -0.15) is 0 Å². The molecular weight excluding hydrogens is 318 g/mol. The van der Waals surface area contributed by atoms with Gasteiger partial charge in [-0.25, -0.2) is 0 Å². The molecule has 2 aromatic carbocycles. The predicted molar refractivity (Wildman–Crippen MR) is 95.4 cm³/mol. The van der Waals surface area contributed by atoms with Crippen LogP contribution in [0.1, 0.15) is 29.7 Å². The Bertz CT molecular complexity index is 752. The van der Waals surface area contributed by atoms with Gasteiger partial charge in [-0.1, -0.05) is 12.1 Å². The number of nitrogens with one attached hydrogen (secondary N) is 1. The highest BCUT2D eigenvalue weighted by Crippen LogP contribution is 2.32. The standard InChI is InChI=1S/C20H23NO4/c1-13-8-14(2)10-17(9-13)25-12-20(22)21-15(3)16-4-5-18-19(11-16)24-7-6-23-18/h4-5,8-11,15H,6-7,12H2,1-3H3,(H,21,22)/t15-/m1/s1. The van der Waals surface area contributed by atoms with Crippen LogP contribution in [0.2, 0.25) is 0 Å². The van der Waals surface area contributed by atoms with E-state index in [4.69, 9.17) is 14.2 Å². The molecule has 1 heterocycles. The number of rotatable bonds is 5. The molecule has 0 saturated carbocycles. The van der Waals surface area contributed by atoms with Crippen LogP contribution in [0.25, 0.3) is 0 Å². The Labute approximate surface area is 147 Å². The number of hydrogen-bond acceptors (Lipinski definition) is 4. The number of carbonyl (C=O) groups is 1. The maximum Gasteiger partial charge on any atom is 0.258 e. The first-order chi connectivity index (χ1) is 12.0. The summed E-state index contributed by atoms with van der Waals surface area (Å²) in [4.78, 5) is 12.2. The molecule has 0 saturated heterocycles. The lowest BCUT2D eigenvalue weighted by molar-refractivity contribution is -0.123. The quantitative estimate of drug-likeness (QED) is 0.906. The number of carbonyl (C=O) groups excluding carboxylic acids is 1. The van der Waals surface area contributed by atoms with Crippen molar-refractivity contribution in [1.82, 2.24) is 5.32 Å². The summed E-state index contributed by atoms with van der Waals surface area (Å²) < 4.78 is 16.7. The molecule has 0 aliphatic carbocycles. The van der Waals surface area contributed by atoms with Crippen LogP contribution in [0.15, 0.2) is 36.4 Å². The Morgan fingerprint density at radius 1 is 1.08 bits per heavy atom. The van der Waals surface area contributed by atoms with Gasteiger partial charge in [0, 0.05) is 0 Å². The second-order valence-electron chi connectivity index (χ2n) is 6.30. The first-order valence-corrected chi connectivity index (χ1v) is 8.41. The van der Waals surface area contributed by atoms with E-state index < -0.39 is 0 Å². The van der Waals surface area contributed by atoms with E-state index in [0.29, 0.717) is 19.0 Å². The second kappa shape index (κ2) is 7.47. The Hall–Kier alpha value is -2.69. The molecule has 3 rings (SSSR count). The zero-order chi connectivity index (χ0) is 17.8. The minimum absolute atomic E-state index is 0.0161.